The summed E-state index contributed by atoms with van der Waals surface area (Å²) in [5, 5.41) is 0.745. The van der Waals surface area contributed by atoms with Crippen molar-refractivity contribution in [3.05, 3.63) is 45.6 Å². The minimum atomic E-state index is -3.72. The number of halogens is 2. The van der Waals surface area contributed by atoms with Gasteiger partial charge in [-0.15, -0.1) is 0 Å². The van der Waals surface area contributed by atoms with Crippen molar-refractivity contribution in [2.45, 2.75) is 32.7 Å². The van der Waals surface area contributed by atoms with Crippen LogP contribution in [0, 0.1) is 0 Å². The molecule has 1 aromatic carbocycles. The molecule has 1 aliphatic rings. The number of ketones is 1. The molecule has 0 saturated carbocycles. The summed E-state index contributed by atoms with van der Waals surface area (Å²) in [5.41, 5.74) is 0.844. The molecule has 0 aromatic heterocycles. The zero-order valence-electron chi connectivity index (χ0n) is 12.8. The summed E-state index contributed by atoms with van der Waals surface area (Å²) in [6.07, 6.45) is 2.95. The third-order valence-corrected chi connectivity index (χ3v) is 5.58. The quantitative estimate of drug-likeness (QED) is 0.855. The third-order valence-electron chi connectivity index (χ3n) is 3.58. The van der Waals surface area contributed by atoms with Crippen molar-refractivity contribution in [2.75, 3.05) is 6.54 Å². The molecule has 2 rings (SSSR count). The molecule has 1 atom stereocenters. The van der Waals surface area contributed by atoms with E-state index in [0.29, 0.717) is 34.1 Å². The Labute approximate surface area is 146 Å². The van der Waals surface area contributed by atoms with Gasteiger partial charge < -0.3 is 0 Å². The monoisotopic (exact) mass is 376 g/mol. The molecule has 5 nitrogen and oxygen atoms in total. The summed E-state index contributed by atoms with van der Waals surface area (Å²) in [5.74, 6) is -0.218. The van der Waals surface area contributed by atoms with Crippen LogP contribution in [0.25, 0.3) is 0 Å². The first-order chi connectivity index (χ1) is 10.8. The van der Waals surface area contributed by atoms with Gasteiger partial charge in [-0.1, -0.05) is 42.6 Å². The van der Waals surface area contributed by atoms with Crippen LogP contribution in [0.15, 0.2) is 30.0 Å². The smallest absolute Gasteiger partial charge is 0.295 e. The highest BCUT2D eigenvalue weighted by molar-refractivity contribution is 7.87. The number of nitrogens with one attached hydrogen (secondary N) is 1. The molecule has 0 saturated heterocycles. The first kappa shape index (κ1) is 18.3. The third kappa shape index (κ3) is 4.07. The van der Waals surface area contributed by atoms with Crippen LogP contribution in [0.2, 0.25) is 10.0 Å². The van der Waals surface area contributed by atoms with E-state index in [1.165, 1.54) is 23.5 Å². The van der Waals surface area contributed by atoms with Gasteiger partial charge in [0.1, 0.15) is 0 Å². The molecule has 1 aliphatic heterocycles. The van der Waals surface area contributed by atoms with Crippen molar-refractivity contribution >= 4 is 39.2 Å². The van der Waals surface area contributed by atoms with E-state index in [1.807, 2.05) is 6.92 Å². The highest BCUT2D eigenvalue weighted by Gasteiger charge is 2.35. The summed E-state index contributed by atoms with van der Waals surface area (Å²) in [6.45, 7) is 3.69. The van der Waals surface area contributed by atoms with Gasteiger partial charge in [-0.3, -0.25) is 9.10 Å². The van der Waals surface area contributed by atoms with Gasteiger partial charge in [0.25, 0.3) is 0 Å². The SMILES string of the molecule is CCCCN1C=C(C(C)=O)C(c2ccc(Cl)cc2Cl)NS1(=O)=O. The lowest BCUT2D eigenvalue weighted by Gasteiger charge is -2.32. The van der Waals surface area contributed by atoms with Crippen molar-refractivity contribution in [3.63, 3.8) is 0 Å². The van der Waals surface area contributed by atoms with Crippen molar-refractivity contribution < 1.29 is 13.2 Å². The van der Waals surface area contributed by atoms with Crippen LogP contribution in [0.3, 0.4) is 0 Å². The van der Waals surface area contributed by atoms with E-state index in [1.54, 1.807) is 12.1 Å². The first-order valence-corrected chi connectivity index (χ1v) is 9.42. The summed E-state index contributed by atoms with van der Waals surface area (Å²) >= 11 is 12.1. The number of Topliss-reactive ketones (excluding diaryl/α,β-unsaturated/α-hetero) is 1. The number of carbonyl (C=O) groups excluding carboxylic acids is 1. The second kappa shape index (κ2) is 7.21. The molecule has 0 bridgehead atoms. The van der Waals surface area contributed by atoms with Gasteiger partial charge in [-0.25, -0.2) is 0 Å². The zero-order valence-corrected chi connectivity index (χ0v) is 15.2. The molecule has 1 aromatic rings. The lowest BCUT2D eigenvalue weighted by molar-refractivity contribution is -0.114. The second-order valence-corrected chi connectivity index (χ2v) is 7.83. The average molecular weight is 377 g/mol. The van der Waals surface area contributed by atoms with Crippen LogP contribution in [0.1, 0.15) is 38.3 Å². The first-order valence-electron chi connectivity index (χ1n) is 7.23. The molecule has 23 heavy (non-hydrogen) atoms. The van der Waals surface area contributed by atoms with E-state index < -0.39 is 16.3 Å². The number of carbonyl (C=O) groups is 1. The number of unbranched alkanes of at least 4 members (excludes halogenated alkanes) is 1. The minimum Gasteiger partial charge on any atom is -0.295 e. The average Bonchev–Trinajstić information content (AvgIpc) is 2.44. The Morgan fingerprint density at radius 3 is 2.61 bits per heavy atom. The fraction of sp³-hybridized carbons (Fsp3) is 0.400. The lowest BCUT2D eigenvalue weighted by atomic mass is 9.97. The van der Waals surface area contributed by atoms with E-state index >= 15 is 0 Å². The van der Waals surface area contributed by atoms with E-state index in [-0.39, 0.29) is 5.78 Å². The highest BCUT2D eigenvalue weighted by atomic mass is 35.5. The van der Waals surface area contributed by atoms with Crippen molar-refractivity contribution in [1.29, 1.82) is 0 Å². The van der Waals surface area contributed by atoms with E-state index in [2.05, 4.69) is 4.72 Å². The summed E-state index contributed by atoms with van der Waals surface area (Å²) < 4.78 is 28.5. The number of nitrogens with zero attached hydrogens (tertiary/aromatic N) is 1. The topological polar surface area (TPSA) is 66.5 Å². The van der Waals surface area contributed by atoms with Gasteiger partial charge in [0.15, 0.2) is 5.78 Å². The molecule has 1 heterocycles. The van der Waals surface area contributed by atoms with Crippen molar-refractivity contribution in [2.24, 2.45) is 0 Å². The molecular weight excluding hydrogens is 359 g/mol. The van der Waals surface area contributed by atoms with Gasteiger partial charge in [-0.05, 0) is 31.0 Å². The minimum absolute atomic E-state index is 0.218. The Hall–Kier alpha value is -1.08. The fourth-order valence-electron chi connectivity index (χ4n) is 2.34. The highest BCUT2D eigenvalue weighted by Crippen LogP contribution is 2.34. The summed E-state index contributed by atoms with van der Waals surface area (Å²) in [6, 6.07) is 3.93. The van der Waals surface area contributed by atoms with E-state index in [0.717, 1.165) is 6.42 Å². The van der Waals surface area contributed by atoms with E-state index in [4.69, 9.17) is 23.2 Å². The van der Waals surface area contributed by atoms with Crippen LogP contribution >= 0.6 is 23.2 Å². The molecule has 1 unspecified atom stereocenters. The molecule has 0 spiro atoms. The van der Waals surface area contributed by atoms with Gasteiger partial charge in [0.05, 0.1) is 6.04 Å². The maximum atomic E-state index is 12.4. The predicted octanol–water partition coefficient (Wildman–Crippen LogP) is 3.46. The summed E-state index contributed by atoms with van der Waals surface area (Å²) in [7, 11) is -3.72. The Bertz CT molecular complexity index is 747. The van der Waals surface area contributed by atoms with Crippen LogP contribution < -0.4 is 4.72 Å². The molecule has 126 valence electrons. The zero-order chi connectivity index (χ0) is 17.2. The van der Waals surface area contributed by atoms with Gasteiger partial charge >= 0.3 is 10.2 Å². The molecule has 0 fully saturated rings. The Balaban J connectivity index is 2.49. The number of hydrogen-bond acceptors (Lipinski definition) is 3. The maximum Gasteiger partial charge on any atom is 0.301 e. The molecular formula is C15H18Cl2N2O3S. The second-order valence-electron chi connectivity index (χ2n) is 5.33. The lowest BCUT2D eigenvalue weighted by Crippen LogP contribution is -2.45. The predicted molar refractivity (Wildman–Crippen MR) is 91.6 cm³/mol. The molecule has 0 amide bonds. The van der Waals surface area contributed by atoms with Gasteiger partial charge in [0.2, 0.25) is 0 Å². The Morgan fingerprint density at radius 1 is 1.35 bits per heavy atom. The van der Waals surface area contributed by atoms with Crippen molar-refractivity contribution in [1.82, 2.24) is 9.03 Å². The van der Waals surface area contributed by atoms with Crippen LogP contribution in [0.4, 0.5) is 0 Å². The summed E-state index contributed by atoms with van der Waals surface area (Å²) in [4.78, 5) is 12.0. The number of rotatable bonds is 5. The van der Waals surface area contributed by atoms with Gasteiger partial charge in [0, 0.05) is 28.4 Å². The molecule has 8 heteroatoms. The largest absolute Gasteiger partial charge is 0.301 e. The van der Waals surface area contributed by atoms with Crippen LogP contribution in [0.5, 0.6) is 0 Å². The maximum absolute atomic E-state index is 12.4. The van der Waals surface area contributed by atoms with Crippen molar-refractivity contribution in [3.8, 4) is 0 Å². The van der Waals surface area contributed by atoms with E-state index in [9.17, 15) is 13.2 Å². The Morgan fingerprint density at radius 2 is 2.04 bits per heavy atom. The number of benzene rings is 1. The number of hydrogen-bond donors (Lipinski definition) is 1. The standard InChI is InChI=1S/C15H18Cl2N2O3S/c1-3-4-7-19-9-13(10(2)20)15(18-23(19,21)22)12-6-5-11(16)8-14(12)17/h5-6,8-9,15,18H,3-4,7H2,1-2H3. The van der Waals surface area contributed by atoms with Gasteiger partial charge in [-0.2, -0.15) is 13.1 Å². The molecule has 0 radical (unpaired) electrons. The normalized spacial score (nSPS) is 20.3. The Kier molecular flexibility index (Phi) is 5.73. The molecule has 0 aliphatic carbocycles. The van der Waals surface area contributed by atoms with Crippen LogP contribution in [-0.2, 0) is 15.0 Å². The molecule has 1 N–H and O–H groups in total. The fourth-order valence-corrected chi connectivity index (χ4v) is 4.17. The van der Waals surface area contributed by atoms with Crippen LogP contribution in [-0.4, -0.2) is 25.1 Å².